The van der Waals surface area contributed by atoms with Crippen LogP contribution < -0.4 is 26.8 Å². The number of hydrogen-bond acceptors (Lipinski definition) is 8. The summed E-state index contributed by atoms with van der Waals surface area (Å²) in [6.45, 7) is 8.05. The molecule has 0 bridgehead atoms. The van der Waals surface area contributed by atoms with Gasteiger partial charge in [0.05, 0.1) is 30.7 Å². The summed E-state index contributed by atoms with van der Waals surface area (Å²) in [6.07, 6.45) is 7.51. The predicted octanol–water partition coefficient (Wildman–Crippen LogP) is 5.14. The van der Waals surface area contributed by atoms with Gasteiger partial charge in [0, 0.05) is 22.2 Å². The van der Waals surface area contributed by atoms with Crippen molar-refractivity contribution in [2.45, 2.75) is 56.1 Å². The van der Waals surface area contributed by atoms with Gasteiger partial charge in [-0.15, -0.1) is 0 Å². The fourth-order valence-corrected chi connectivity index (χ4v) is 5.41. The Morgan fingerprint density at radius 3 is 2.63 bits per heavy atom. The zero-order chi connectivity index (χ0) is 25.4. The van der Waals surface area contributed by atoms with Gasteiger partial charge in [0.15, 0.2) is 0 Å². The highest BCUT2D eigenvalue weighted by molar-refractivity contribution is 7.97. The molecule has 7 nitrogen and oxygen atoms in total. The number of ether oxygens (including phenoxy) is 2. The van der Waals surface area contributed by atoms with E-state index in [0.717, 1.165) is 48.4 Å². The van der Waals surface area contributed by atoms with Crippen molar-refractivity contribution in [3.63, 3.8) is 0 Å². The molecule has 2 aromatic carbocycles. The van der Waals surface area contributed by atoms with Crippen LogP contribution >= 0.6 is 11.9 Å². The molecule has 7 N–H and O–H groups in total. The number of allylic oxidation sites excluding steroid dienone is 1. The van der Waals surface area contributed by atoms with Crippen LogP contribution in [0.5, 0.6) is 5.75 Å². The summed E-state index contributed by atoms with van der Waals surface area (Å²) in [5, 5.41) is 4.01. The highest BCUT2D eigenvalue weighted by Crippen LogP contribution is 2.42. The van der Waals surface area contributed by atoms with Crippen LogP contribution in [0.1, 0.15) is 50.7 Å². The minimum absolute atomic E-state index is 0.0260. The predicted molar refractivity (Wildman–Crippen MR) is 147 cm³/mol. The summed E-state index contributed by atoms with van der Waals surface area (Å²) in [7, 11) is 1.63. The van der Waals surface area contributed by atoms with Gasteiger partial charge in [-0.05, 0) is 98.2 Å². The minimum Gasteiger partial charge on any atom is -0.499 e. The first kappa shape index (κ1) is 26.5. The molecule has 2 aliphatic rings. The molecule has 1 aliphatic carbocycles. The van der Waals surface area contributed by atoms with E-state index in [9.17, 15) is 0 Å². The quantitative estimate of drug-likeness (QED) is 0.105. The second-order valence-corrected chi connectivity index (χ2v) is 9.81. The first-order valence-electron chi connectivity index (χ1n) is 11.8. The SMILES string of the molecule is C=COC1CCC(C(/C=C(/N)c2ccc3c(c2)C(C)(CC)NS3)=N/N)C1.COc1ccc(N)cc1. The maximum Gasteiger partial charge on any atom is 0.119 e. The Morgan fingerprint density at radius 1 is 1.26 bits per heavy atom. The van der Waals surface area contributed by atoms with Crippen molar-refractivity contribution in [1.29, 1.82) is 0 Å². The summed E-state index contributed by atoms with van der Waals surface area (Å²) in [5.74, 6) is 6.78. The summed E-state index contributed by atoms with van der Waals surface area (Å²) in [4.78, 5) is 1.26. The van der Waals surface area contributed by atoms with Gasteiger partial charge in [0.25, 0.3) is 0 Å². The maximum atomic E-state index is 6.41. The molecule has 188 valence electrons. The van der Waals surface area contributed by atoms with Crippen LogP contribution in [-0.4, -0.2) is 18.9 Å². The number of nitrogen functional groups attached to an aromatic ring is 1. The Balaban J connectivity index is 0.000000320. The standard InChI is InChI=1S/C20H28N4OS.C7H9NO/c1-4-20(3)16-11-13(7-9-19(16)26-24-20)17(21)12-18(23-22)14-6-8-15(10-14)25-5-2;1-9-7-4-2-6(8)3-5-7/h5,7,9,11-12,14-15,24H,2,4,6,8,10,21-22H2,1,3H3;2-5H,8H2,1H3/b17-12+,23-18+;. The fourth-order valence-electron chi connectivity index (χ4n) is 4.29. The molecule has 0 spiro atoms. The van der Waals surface area contributed by atoms with Crippen molar-refractivity contribution >= 4 is 29.0 Å². The highest BCUT2D eigenvalue weighted by Gasteiger charge is 2.33. The van der Waals surface area contributed by atoms with Gasteiger partial charge in [-0.3, -0.25) is 0 Å². The first-order chi connectivity index (χ1) is 16.8. The van der Waals surface area contributed by atoms with E-state index in [-0.39, 0.29) is 17.6 Å². The van der Waals surface area contributed by atoms with Gasteiger partial charge in [0.1, 0.15) is 5.75 Å². The Bertz CT molecular complexity index is 1070. The fraction of sp³-hybridized carbons (Fsp3) is 0.370. The lowest BCUT2D eigenvalue weighted by Crippen LogP contribution is -2.29. The zero-order valence-corrected chi connectivity index (χ0v) is 21.6. The first-order valence-corrected chi connectivity index (χ1v) is 12.6. The molecule has 1 aliphatic heterocycles. The molecule has 1 heterocycles. The Labute approximate surface area is 212 Å². The van der Waals surface area contributed by atoms with E-state index in [1.54, 1.807) is 31.2 Å². The van der Waals surface area contributed by atoms with Crippen molar-refractivity contribution in [3.8, 4) is 5.75 Å². The third kappa shape index (κ3) is 6.52. The molecule has 0 radical (unpaired) electrons. The number of nitrogens with one attached hydrogen (secondary N) is 1. The van der Waals surface area contributed by atoms with Crippen LogP contribution in [0.3, 0.4) is 0 Å². The van der Waals surface area contributed by atoms with Crippen molar-refractivity contribution in [1.82, 2.24) is 4.72 Å². The number of methoxy groups -OCH3 is 1. The van der Waals surface area contributed by atoms with Crippen LogP contribution in [0.25, 0.3) is 5.70 Å². The van der Waals surface area contributed by atoms with Crippen molar-refractivity contribution in [2.24, 2.45) is 22.6 Å². The lowest BCUT2D eigenvalue weighted by atomic mass is 9.89. The van der Waals surface area contributed by atoms with E-state index in [1.165, 1.54) is 16.7 Å². The third-order valence-electron chi connectivity index (χ3n) is 6.66. The number of nitrogens with zero attached hydrogens (tertiary/aromatic N) is 1. The van der Waals surface area contributed by atoms with E-state index in [1.807, 2.05) is 18.2 Å². The summed E-state index contributed by atoms with van der Waals surface area (Å²) < 4.78 is 13.9. The second-order valence-electron chi connectivity index (χ2n) is 8.96. The molecule has 0 saturated heterocycles. The molecule has 35 heavy (non-hydrogen) atoms. The number of fused-ring (bicyclic) bond motifs is 1. The van der Waals surface area contributed by atoms with Crippen LogP contribution in [-0.2, 0) is 10.3 Å². The van der Waals surface area contributed by atoms with Crippen molar-refractivity contribution < 1.29 is 9.47 Å². The Morgan fingerprint density at radius 2 is 2.00 bits per heavy atom. The Hall–Kier alpha value is -3.10. The second kappa shape index (κ2) is 12.0. The molecule has 3 unspecified atom stereocenters. The number of anilines is 1. The number of rotatable bonds is 7. The molecule has 0 amide bonds. The topological polar surface area (TPSA) is 121 Å². The van der Waals surface area contributed by atoms with Crippen molar-refractivity contribution in [2.75, 3.05) is 12.8 Å². The maximum absolute atomic E-state index is 6.41. The average Bonchev–Trinajstić information content (AvgIpc) is 3.48. The van der Waals surface area contributed by atoms with Crippen LogP contribution in [0, 0.1) is 5.92 Å². The van der Waals surface area contributed by atoms with Crippen molar-refractivity contribution in [3.05, 3.63) is 72.5 Å². The molecular formula is C27H37N5O2S. The molecule has 1 saturated carbocycles. The van der Waals surface area contributed by atoms with Gasteiger partial charge < -0.3 is 26.8 Å². The van der Waals surface area contributed by atoms with Gasteiger partial charge in [0.2, 0.25) is 0 Å². The van der Waals surface area contributed by atoms with E-state index in [4.69, 9.17) is 26.8 Å². The number of hydrogen-bond donors (Lipinski definition) is 4. The number of nitrogens with two attached hydrogens (primary N) is 3. The molecule has 4 rings (SSSR count). The molecule has 0 aromatic heterocycles. The average molecular weight is 496 g/mol. The van der Waals surface area contributed by atoms with Gasteiger partial charge in [-0.1, -0.05) is 19.6 Å². The normalized spacial score (nSPS) is 23.7. The molecular weight excluding hydrogens is 458 g/mol. The molecule has 8 heteroatoms. The van der Waals surface area contributed by atoms with Crippen LogP contribution in [0.4, 0.5) is 5.69 Å². The smallest absolute Gasteiger partial charge is 0.119 e. The zero-order valence-electron chi connectivity index (χ0n) is 20.8. The third-order valence-corrected chi connectivity index (χ3v) is 7.79. The lowest BCUT2D eigenvalue weighted by Gasteiger charge is -2.23. The minimum atomic E-state index is -0.0260. The highest BCUT2D eigenvalue weighted by atomic mass is 32.2. The van der Waals surface area contributed by atoms with Gasteiger partial charge >= 0.3 is 0 Å². The van der Waals surface area contributed by atoms with E-state index in [2.05, 4.69) is 48.4 Å². The molecule has 2 aromatic rings. The monoisotopic (exact) mass is 495 g/mol. The summed E-state index contributed by atoms with van der Waals surface area (Å²) >= 11 is 1.69. The Kier molecular flexibility index (Phi) is 9.12. The lowest BCUT2D eigenvalue weighted by molar-refractivity contribution is 0.150. The van der Waals surface area contributed by atoms with E-state index >= 15 is 0 Å². The largest absolute Gasteiger partial charge is 0.499 e. The molecule has 1 fully saturated rings. The van der Waals surface area contributed by atoms with E-state index < -0.39 is 0 Å². The van der Waals surface area contributed by atoms with E-state index in [0.29, 0.717) is 5.70 Å². The number of benzene rings is 2. The van der Waals surface area contributed by atoms with Gasteiger partial charge in [-0.25, -0.2) is 4.72 Å². The summed E-state index contributed by atoms with van der Waals surface area (Å²) in [6, 6.07) is 13.6. The number of hydrazone groups is 1. The van der Waals surface area contributed by atoms with Crippen LogP contribution in [0.2, 0.25) is 0 Å². The summed E-state index contributed by atoms with van der Waals surface area (Å²) in [5.41, 5.74) is 16.4. The van der Waals surface area contributed by atoms with Gasteiger partial charge in [-0.2, -0.15) is 5.10 Å². The van der Waals surface area contributed by atoms with Crippen LogP contribution in [0.15, 0.2) is 71.4 Å². The molecule has 3 atom stereocenters.